The van der Waals surface area contributed by atoms with Crippen LogP contribution in [0.5, 0.6) is 0 Å². The highest BCUT2D eigenvalue weighted by Crippen LogP contribution is 2.15. The Labute approximate surface area is 120 Å². The van der Waals surface area contributed by atoms with Crippen molar-refractivity contribution in [3.8, 4) is 0 Å². The monoisotopic (exact) mass is 280 g/mol. The number of hydrogen-bond acceptors (Lipinski definition) is 3. The van der Waals surface area contributed by atoms with Crippen LogP contribution >= 0.6 is 0 Å². The lowest BCUT2D eigenvalue weighted by Crippen LogP contribution is -2.44. The van der Waals surface area contributed by atoms with Gasteiger partial charge in [0.1, 0.15) is 5.60 Å². The highest BCUT2D eigenvalue weighted by Gasteiger charge is 2.29. The topological polar surface area (TPSA) is 49.9 Å². The van der Waals surface area contributed by atoms with Crippen molar-refractivity contribution in [3.05, 3.63) is 18.4 Å². The number of hydrogen-bond donors (Lipinski definition) is 0. The number of carbonyl (C=O) groups excluding carboxylic acids is 2. The van der Waals surface area contributed by atoms with Crippen molar-refractivity contribution in [2.45, 2.75) is 45.8 Å². The summed E-state index contributed by atoms with van der Waals surface area (Å²) in [6.07, 6.45) is 1.75. The Bertz CT molecular complexity index is 419. The molecule has 1 saturated heterocycles. The minimum atomic E-state index is -0.506. The molecule has 0 aliphatic carbocycles. The van der Waals surface area contributed by atoms with Crippen molar-refractivity contribution in [1.29, 1.82) is 0 Å². The molecule has 1 aliphatic heterocycles. The van der Waals surface area contributed by atoms with E-state index in [1.807, 2.05) is 27.7 Å². The first kappa shape index (κ1) is 16.3. The van der Waals surface area contributed by atoms with E-state index >= 15 is 0 Å². The largest absolute Gasteiger partial charge is 0.444 e. The van der Waals surface area contributed by atoms with E-state index in [0.29, 0.717) is 19.6 Å². The molecular formula is C15H24N2O3. The molecular weight excluding hydrogens is 256 g/mol. The van der Waals surface area contributed by atoms with Gasteiger partial charge in [-0.1, -0.05) is 6.58 Å². The van der Waals surface area contributed by atoms with Crippen molar-refractivity contribution in [3.63, 3.8) is 0 Å². The molecule has 0 aromatic heterocycles. The molecule has 1 rings (SSSR count). The van der Waals surface area contributed by atoms with Crippen LogP contribution in [0.1, 0.15) is 34.1 Å². The Balaban J connectivity index is 2.71. The number of rotatable bonds is 1. The van der Waals surface area contributed by atoms with Crippen molar-refractivity contribution in [1.82, 2.24) is 9.80 Å². The maximum absolute atomic E-state index is 12.1. The van der Waals surface area contributed by atoms with Crippen LogP contribution in [0.25, 0.3) is 0 Å². The van der Waals surface area contributed by atoms with Crippen LogP contribution in [0, 0.1) is 0 Å². The molecule has 0 aromatic rings. The third-order valence-corrected chi connectivity index (χ3v) is 3.00. The van der Waals surface area contributed by atoms with Gasteiger partial charge in [0.2, 0.25) is 0 Å². The molecule has 2 amide bonds. The highest BCUT2D eigenvalue weighted by atomic mass is 16.6. The second-order valence-electron chi connectivity index (χ2n) is 6.01. The van der Waals surface area contributed by atoms with E-state index in [1.54, 1.807) is 9.80 Å². The molecule has 0 aromatic carbocycles. The predicted octanol–water partition coefficient (Wildman–Crippen LogP) is 2.19. The van der Waals surface area contributed by atoms with Gasteiger partial charge in [-0.2, -0.15) is 0 Å². The van der Waals surface area contributed by atoms with Crippen LogP contribution in [-0.4, -0.2) is 53.1 Å². The Morgan fingerprint density at radius 1 is 1.35 bits per heavy atom. The summed E-state index contributed by atoms with van der Waals surface area (Å²) in [6.45, 7) is 12.6. The summed E-state index contributed by atoms with van der Waals surface area (Å²) in [6, 6.07) is -0.0536. The predicted molar refractivity (Wildman–Crippen MR) is 77.3 cm³/mol. The number of amides is 2. The van der Waals surface area contributed by atoms with Crippen LogP contribution in [0.3, 0.4) is 0 Å². The summed E-state index contributed by atoms with van der Waals surface area (Å²) < 4.78 is 5.38. The summed E-state index contributed by atoms with van der Waals surface area (Å²) in [5.74, 6) is -0.112. The minimum Gasteiger partial charge on any atom is -0.444 e. The number of nitrogens with zero attached hydrogens (tertiary/aromatic N) is 2. The lowest BCUT2D eigenvalue weighted by atomic mass is 10.2. The van der Waals surface area contributed by atoms with Crippen molar-refractivity contribution >= 4 is 12.0 Å². The normalized spacial score (nSPS) is 19.9. The fraction of sp³-hybridized carbons (Fsp3) is 0.667. The smallest absolute Gasteiger partial charge is 0.410 e. The molecule has 1 heterocycles. The zero-order chi connectivity index (χ0) is 15.3. The van der Waals surface area contributed by atoms with E-state index in [0.717, 1.165) is 6.42 Å². The first-order valence-corrected chi connectivity index (χ1v) is 6.89. The van der Waals surface area contributed by atoms with Gasteiger partial charge in [0.15, 0.2) is 0 Å². The molecule has 20 heavy (non-hydrogen) atoms. The van der Waals surface area contributed by atoms with Gasteiger partial charge in [0.05, 0.1) is 0 Å². The Morgan fingerprint density at radius 2 is 2.00 bits per heavy atom. The van der Waals surface area contributed by atoms with Crippen LogP contribution in [-0.2, 0) is 9.53 Å². The maximum Gasteiger partial charge on any atom is 0.410 e. The summed E-state index contributed by atoms with van der Waals surface area (Å²) >= 11 is 0. The first-order valence-electron chi connectivity index (χ1n) is 6.89. The quantitative estimate of drug-likeness (QED) is 0.546. The van der Waals surface area contributed by atoms with E-state index in [1.165, 1.54) is 6.08 Å². The Morgan fingerprint density at radius 3 is 2.55 bits per heavy atom. The van der Waals surface area contributed by atoms with E-state index in [9.17, 15) is 9.59 Å². The molecule has 5 nitrogen and oxygen atoms in total. The molecule has 5 heteroatoms. The maximum atomic E-state index is 12.1. The average molecular weight is 280 g/mol. The van der Waals surface area contributed by atoms with Crippen molar-refractivity contribution in [2.24, 2.45) is 0 Å². The first-order chi connectivity index (χ1) is 9.24. The third-order valence-electron chi connectivity index (χ3n) is 3.00. The summed E-state index contributed by atoms with van der Waals surface area (Å²) in [5, 5.41) is 0. The van der Waals surface area contributed by atoms with Gasteiger partial charge >= 0.3 is 6.09 Å². The second-order valence-corrected chi connectivity index (χ2v) is 6.01. The fourth-order valence-electron chi connectivity index (χ4n) is 2.15. The average Bonchev–Trinajstić information content (AvgIpc) is 2.49. The zero-order valence-electron chi connectivity index (χ0n) is 12.8. The number of ether oxygens (including phenoxy) is 1. The van der Waals surface area contributed by atoms with Crippen molar-refractivity contribution in [2.75, 3.05) is 19.6 Å². The standard InChI is InChI=1S/C15H24N2O3/c1-6-8-13(18)17-10-7-9-16(11-12(17)2)14(19)20-15(3,4)5/h8,12H,1,7,9-11H2,2-5H3. The zero-order valence-corrected chi connectivity index (χ0v) is 12.8. The van der Waals surface area contributed by atoms with Gasteiger partial charge in [-0.3, -0.25) is 4.79 Å². The summed E-state index contributed by atoms with van der Waals surface area (Å²) in [5.41, 5.74) is 1.99. The number of carbonyl (C=O) groups is 2. The molecule has 1 unspecified atom stereocenters. The summed E-state index contributed by atoms with van der Waals surface area (Å²) in [7, 11) is 0. The Hall–Kier alpha value is -1.74. The van der Waals surface area contributed by atoms with Crippen LogP contribution in [0.4, 0.5) is 4.79 Å². The minimum absolute atomic E-state index is 0.0536. The molecule has 112 valence electrons. The Kier molecular flexibility index (Phi) is 5.40. The van der Waals surface area contributed by atoms with Crippen LogP contribution < -0.4 is 0 Å². The van der Waals surface area contributed by atoms with E-state index in [-0.39, 0.29) is 18.0 Å². The molecule has 1 fully saturated rings. The molecule has 0 spiro atoms. The van der Waals surface area contributed by atoms with Crippen LogP contribution in [0.2, 0.25) is 0 Å². The van der Waals surface area contributed by atoms with Gasteiger partial charge in [0, 0.05) is 31.8 Å². The van der Waals surface area contributed by atoms with Gasteiger partial charge < -0.3 is 14.5 Å². The molecule has 0 radical (unpaired) electrons. The van der Waals surface area contributed by atoms with E-state index in [4.69, 9.17) is 4.74 Å². The van der Waals surface area contributed by atoms with Gasteiger partial charge in [-0.15, -0.1) is 5.73 Å². The lowest BCUT2D eigenvalue weighted by molar-refractivity contribution is -0.127. The molecule has 0 bridgehead atoms. The van der Waals surface area contributed by atoms with Crippen molar-refractivity contribution < 1.29 is 14.3 Å². The van der Waals surface area contributed by atoms with Gasteiger partial charge in [-0.25, -0.2) is 4.79 Å². The van der Waals surface area contributed by atoms with Gasteiger partial charge in [0.25, 0.3) is 5.91 Å². The highest BCUT2D eigenvalue weighted by molar-refractivity contribution is 5.87. The van der Waals surface area contributed by atoms with E-state index in [2.05, 4.69) is 12.3 Å². The fourth-order valence-corrected chi connectivity index (χ4v) is 2.15. The molecule has 0 N–H and O–H groups in total. The third kappa shape index (κ3) is 4.74. The van der Waals surface area contributed by atoms with E-state index < -0.39 is 5.60 Å². The second kappa shape index (κ2) is 6.62. The molecule has 0 saturated carbocycles. The molecule has 1 aliphatic rings. The summed E-state index contributed by atoms with van der Waals surface area (Å²) in [4.78, 5) is 27.4. The SMILES string of the molecule is C=C=CC(=O)N1CCCN(C(=O)OC(C)(C)C)CC1C. The molecule has 1 atom stereocenters. The van der Waals surface area contributed by atoms with Gasteiger partial charge in [-0.05, 0) is 34.1 Å². The van der Waals surface area contributed by atoms with Crippen LogP contribution in [0.15, 0.2) is 18.4 Å². The lowest BCUT2D eigenvalue weighted by Gasteiger charge is -2.29.